The van der Waals surface area contributed by atoms with E-state index in [4.69, 9.17) is 12.4 Å². The van der Waals surface area contributed by atoms with E-state index in [1.54, 1.807) is 24.3 Å². The zero-order valence-electron chi connectivity index (χ0n) is 12.8. The molecule has 0 unspecified atom stereocenters. The van der Waals surface area contributed by atoms with Gasteiger partial charge in [-0.25, -0.2) is 0 Å². The molecule has 1 aromatic carbocycles. The summed E-state index contributed by atoms with van der Waals surface area (Å²) < 4.78 is 4.75. The van der Waals surface area contributed by atoms with Crippen LogP contribution in [0.2, 0.25) is 0 Å². The van der Waals surface area contributed by atoms with Gasteiger partial charge in [-0.2, -0.15) is 0 Å². The molecular formula is C13H21CuKN3O3. The van der Waals surface area contributed by atoms with Crippen molar-refractivity contribution in [1.29, 1.82) is 0 Å². The number of aromatic amines is 1. The fourth-order valence-corrected chi connectivity index (χ4v) is 1.31. The third-order valence-electron chi connectivity index (χ3n) is 1.97. The third-order valence-corrected chi connectivity index (χ3v) is 1.97. The molecule has 8 heteroatoms. The first-order chi connectivity index (χ1) is 8.74. The van der Waals surface area contributed by atoms with E-state index in [-0.39, 0.29) is 94.7 Å². The molecule has 1 aromatic heterocycles. The van der Waals surface area contributed by atoms with Crippen molar-refractivity contribution in [2.75, 3.05) is 0 Å². The monoisotopic (exact) mass is 370 g/mol. The zero-order valence-corrected chi connectivity index (χ0v) is 15.9. The van der Waals surface area contributed by atoms with Crippen LogP contribution in [0.25, 0.3) is 16.4 Å². The topological polar surface area (TPSA) is 119 Å². The molecule has 0 saturated heterocycles. The van der Waals surface area contributed by atoms with Crippen molar-refractivity contribution in [3.05, 3.63) is 47.6 Å². The van der Waals surface area contributed by atoms with E-state index in [0.717, 1.165) is 0 Å². The van der Waals surface area contributed by atoms with E-state index in [9.17, 15) is 9.90 Å². The minimum Gasteiger partial charge on any atom is -0.706 e. The Morgan fingerprint density at radius 2 is 1.81 bits per heavy atom. The van der Waals surface area contributed by atoms with Gasteiger partial charge in [-0.1, -0.05) is 33.4 Å². The van der Waals surface area contributed by atoms with Gasteiger partial charge < -0.3 is 33.6 Å². The number of hydrogen-bond acceptors (Lipinski definition) is 3. The summed E-state index contributed by atoms with van der Waals surface area (Å²) in [5.41, 5.74) is 14.3. The van der Waals surface area contributed by atoms with Gasteiger partial charge in [0.15, 0.2) is 5.75 Å². The Morgan fingerprint density at radius 1 is 1.33 bits per heavy atom. The molecule has 0 aliphatic rings. The maximum atomic E-state index is 11.2. The molecule has 0 aliphatic carbocycles. The molecule has 2 aromatic rings. The predicted molar refractivity (Wildman–Crippen MR) is 79.8 cm³/mol. The second-order valence-corrected chi connectivity index (χ2v) is 2.80. The Kier molecular flexibility index (Phi) is 22.5. The Labute approximate surface area is 179 Å². The van der Waals surface area contributed by atoms with E-state index >= 15 is 0 Å². The summed E-state index contributed by atoms with van der Waals surface area (Å²) >= 11 is 0. The van der Waals surface area contributed by atoms with Gasteiger partial charge >= 0.3 is 68.5 Å². The number of fused-ring (bicyclic) bond motifs is 1. The Balaban J connectivity index is -0.000000112. The van der Waals surface area contributed by atoms with Crippen molar-refractivity contribution in [2.45, 2.75) is 21.3 Å². The minimum absolute atomic E-state index is 0. The van der Waals surface area contributed by atoms with E-state index < -0.39 is 5.56 Å². The van der Waals surface area contributed by atoms with Gasteiger partial charge in [0.2, 0.25) is 1.43 Å². The molecule has 118 valence electrons. The summed E-state index contributed by atoms with van der Waals surface area (Å²) in [4.78, 5) is 13.7. The van der Waals surface area contributed by atoms with Crippen LogP contribution < -0.4 is 56.9 Å². The molecule has 0 amide bonds. The van der Waals surface area contributed by atoms with Crippen molar-refractivity contribution in [1.82, 2.24) is 4.98 Å². The van der Waals surface area contributed by atoms with Gasteiger partial charge in [-0.15, -0.1) is 0 Å². The number of H-pyrrole nitrogens is 1. The van der Waals surface area contributed by atoms with Crippen molar-refractivity contribution < 1.29 is 80.5 Å². The van der Waals surface area contributed by atoms with Crippen molar-refractivity contribution >= 4 is 16.6 Å². The number of rotatable bonds is 1. The van der Waals surface area contributed by atoms with Gasteiger partial charge in [0.05, 0.1) is 5.52 Å². The fourth-order valence-electron chi connectivity index (χ4n) is 1.31. The van der Waals surface area contributed by atoms with Crippen LogP contribution >= 0.6 is 0 Å². The second-order valence-electron chi connectivity index (χ2n) is 2.80. The van der Waals surface area contributed by atoms with E-state index in [1.807, 2.05) is 13.8 Å². The van der Waals surface area contributed by atoms with Crippen molar-refractivity contribution in [3.63, 3.8) is 0 Å². The van der Waals surface area contributed by atoms with Crippen LogP contribution in [-0.4, -0.2) is 15.6 Å². The van der Waals surface area contributed by atoms with Crippen molar-refractivity contribution in [2.24, 2.45) is 5.11 Å². The van der Waals surface area contributed by atoms with Gasteiger partial charge in [0.25, 0.3) is 5.56 Å². The first-order valence-electron chi connectivity index (χ1n) is 5.38. The summed E-state index contributed by atoms with van der Waals surface area (Å²) in [6.07, 6.45) is 0. The fraction of sp³-hybridized carbons (Fsp3) is 0.231. The minimum atomic E-state index is -0.622. The molecule has 2 rings (SSSR count). The van der Waals surface area contributed by atoms with Crippen LogP contribution in [0, 0.1) is 7.43 Å². The average Bonchev–Trinajstić information content (AvgIpc) is 2.44. The normalized spacial score (nSPS) is 7.48. The molecule has 1 heterocycles. The molecule has 0 atom stereocenters. The molecule has 4 N–H and O–H groups in total. The SMILES string of the molecule is C.CC.[2H]O.[CH3-].[Cu+].[K+].[N-]=Nc1c(O)c2ccccc2[nH]c1=O. The maximum absolute atomic E-state index is 11.2. The van der Waals surface area contributed by atoms with E-state index in [2.05, 4.69) is 10.1 Å². The van der Waals surface area contributed by atoms with Crippen LogP contribution in [-0.2, 0) is 17.1 Å². The second kappa shape index (κ2) is 16.3. The van der Waals surface area contributed by atoms with Crippen LogP contribution in [0.15, 0.2) is 34.2 Å². The molecule has 0 fully saturated rings. The zero-order chi connectivity index (χ0) is 14.1. The van der Waals surface area contributed by atoms with Gasteiger partial charge in [-0.05, 0) is 12.1 Å². The number of benzene rings is 1. The summed E-state index contributed by atoms with van der Waals surface area (Å²) in [6, 6.07) is 6.71. The molecule has 21 heavy (non-hydrogen) atoms. The summed E-state index contributed by atoms with van der Waals surface area (Å²) in [5.74, 6) is -0.313. The van der Waals surface area contributed by atoms with Crippen LogP contribution in [0.4, 0.5) is 5.69 Å². The number of pyridine rings is 1. The Morgan fingerprint density at radius 3 is 2.29 bits per heavy atom. The average molecular weight is 371 g/mol. The number of para-hydroxylation sites is 1. The maximum Gasteiger partial charge on any atom is 1.00 e. The number of nitrogens with one attached hydrogen (secondary N) is 1. The summed E-state index contributed by atoms with van der Waals surface area (Å²) in [5, 5.41) is 12.7. The largest absolute Gasteiger partial charge is 1.00 e. The Hall–Kier alpha value is -0.0542. The van der Waals surface area contributed by atoms with Crippen molar-refractivity contribution in [3.8, 4) is 5.75 Å². The molecule has 0 radical (unpaired) electrons. The quantitative estimate of drug-likeness (QED) is 0.422. The molecule has 0 spiro atoms. The van der Waals surface area contributed by atoms with Gasteiger partial charge in [-0.3, -0.25) is 4.79 Å². The number of aromatic hydroxyl groups is 1. The third kappa shape index (κ3) is 7.67. The smallest absolute Gasteiger partial charge is 0.706 e. The Bertz CT molecular complexity index is 582. The van der Waals surface area contributed by atoms with Gasteiger partial charge in [0, 0.05) is 5.39 Å². The first-order valence-corrected chi connectivity index (χ1v) is 4.93. The van der Waals surface area contributed by atoms with Crippen LogP contribution in [0.5, 0.6) is 5.75 Å². The van der Waals surface area contributed by atoms with Crippen LogP contribution in [0.1, 0.15) is 22.7 Å². The predicted octanol–water partition coefficient (Wildman–Crippen LogP) is 0.176. The number of hydrogen-bond donors (Lipinski definition) is 2. The standard InChI is InChI=1S/C9H6N3O2.C2H6.CH4.CH3.Cu.K.H2O/c10-12-7-8(13)5-3-1-2-4-6(5)11-9(7)14;1-2;;;;;/h1-4H,(H2,11,13,14);1-2H3;1H4;1H3;;;1H2/q-1;;;-1;2*+1;/i/hD. The molecule has 6 nitrogen and oxygen atoms in total. The van der Waals surface area contributed by atoms with Gasteiger partial charge in [0.1, 0.15) is 5.69 Å². The molecular weight excluding hydrogens is 349 g/mol. The number of nitrogens with zero attached hydrogens (tertiary/aromatic N) is 2. The number of aromatic nitrogens is 1. The molecule has 0 aliphatic heterocycles. The molecule has 0 saturated carbocycles. The summed E-state index contributed by atoms with van der Waals surface area (Å²) in [6.45, 7) is 4.00. The van der Waals surface area contributed by atoms with E-state index in [0.29, 0.717) is 10.9 Å². The first kappa shape index (κ1) is 29.0. The van der Waals surface area contributed by atoms with Crippen LogP contribution in [0.3, 0.4) is 0 Å². The summed E-state index contributed by atoms with van der Waals surface area (Å²) in [7, 11) is 0. The molecule has 0 bridgehead atoms. The van der Waals surface area contributed by atoms with E-state index in [1.165, 1.54) is 0 Å².